The number of fused-ring (bicyclic) bond motifs is 14. The molecule has 1 aromatic heterocycles. The Morgan fingerprint density at radius 1 is 0.339 bits per heavy atom. The lowest BCUT2D eigenvalue weighted by Gasteiger charge is -2.30. The Balaban J connectivity index is 0.992. The monoisotopic (exact) mass is 792 g/mol. The van der Waals surface area contributed by atoms with Gasteiger partial charge in [0.05, 0.1) is 11.0 Å². The summed E-state index contributed by atoms with van der Waals surface area (Å²) in [5.74, 6) is 0. The molecule has 0 saturated heterocycles. The highest BCUT2D eigenvalue weighted by atomic mass is 15.1. The molecule has 0 bridgehead atoms. The van der Waals surface area contributed by atoms with Gasteiger partial charge in [-0.1, -0.05) is 161 Å². The molecule has 0 N–H and O–H groups in total. The van der Waals surface area contributed by atoms with Crippen LogP contribution in [0.2, 0.25) is 0 Å². The molecule has 0 amide bonds. The van der Waals surface area contributed by atoms with Crippen molar-refractivity contribution in [1.82, 2.24) is 4.57 Å². The van der Waals surface area contributed by atoms with Crippen LogP contribution in [0.3, 0.4) is 0 Å². The summed E-state index contributed by atoms with van der Waals surface area (Å²) < 4.78 is 2.47. The van der Waals surface area contributed by atoms with Crippen molar-refractivity contribution in [2.24, 2.45) is 0 Å². The van der Waals surface area contributed by atoms with Crippen molar-refractivity contribution in [3.63, 3.8) is 0 Å². The second-order valence-corrected chi connectivity index (χ2v) is 18.5. The predicted octanol–water partition coefficient (Wildman–Crippen LogP) is 16.3. The maximum atomic E-state index is 2.48. The summed E-state index contributed by atoms with van der Waals surface area (Å²) >= 11 is 0. The lowest BCUT2D eigenvalue weighted by molar-refractivity contribution is 0.660. The smallest absolute Gasteiger partial charge is 0.0547 e. The van der Waals surface area contributed by atoms with Crippen LogP contribution >= 0.6 is 0 Å². The first kappa shape index (κ1) is 35.3. The summed E-state index contributed by atoms with van der Waals surface area (Å²) in [6.07, 6.45) is 0. The average Bonchev–Trinajstić information content (AvgIpc) is 3.86. The highest BCUT2D eigenvalue weighted by Crippen LogP contribution is 2.53. The molecule has 2 nitrogen and oxygen atoms in total. The molecule has 62 heavy (non-hydrogen) atoms. The molecule has 0 unspecified atom stereocenters. The predicted molar refractivity (Wildman–Crippen MR) is 263 cm³/mol. The van der Waals surface area contributed by atoms with E-state index in [2.05, 4.69) is 231 Å². The molecule has 1 heterocycles. The van der Waals surface area contributed by atoms with Crippen LogP contribution in [0, 0.1) is 0 Å². The van der Waals surface area contributed by atoms with E-state index in [0.717, 1.165) is 11.4 Å². The molecular weight excluding hydrogens is 749 g/mol. The third-order valence-corrected chi connectivity index (χ3v) is 14.5. The Morgan fingerprint density at radius 2 is 0.758 bits per heavy atom. The summed E-state index contributed by atoms with van der Waals surface area (Å²) in [6.45, 7) is 9.49. The van der Waals surface area contributed by atoms with Crippen LogP contribution in [0.4, 0.5) is 17.1 Å². The van der Waals surface area contributed by atoms with Crippen molar-refractivity contribution in [2.75, 3.05) is 4.90 Å². The standard InChI is InChI=1S/C60H44N2/c1-59(2)51-19-11-9-17-47(51)49-29-27-43(35-53(49)59)61(44-28-30-50-48-18-10-12-20-52(48)60(3,4)54(50)36-44)41-25-21-40-34-42(26-22-39(40)33-41)62-55-31-23-37-13-5-7-15-45(37)57(55)58-46-16-8-6-14-38(46)24-32-56(58)62/h5-36H,1-4H3. The van der Waals surface area contributed by atoms with E-state index in [4.69, 9.17) is 0 Å². The summed E-state index contributed by atoms with van der Waals surface area (Å²) in [5.41, 5.74) is 17.7. The molecular formula is C60H44N2. The summed E-state index contributed by atoms with van der Waals surface area (Å²) in [5, 5.41) is 10.1. The minimum absolute atomic E-state index is 0.111. The summed E-state index contributed by atoms with van der Waals surface area (Å²) in [4.78, 5) is 2.48. The van der Waals surface area contributed by atoms with Gasteiger partial charge in [-0.2, -0.15) is 0 Å². The zero-order chi connectivity index (χ0) is 41.5. The molecule has 2 aliphatic carbocycles. The fraction of sp³-hybridized carbons (Fsp3) is 0.100. The Labute approximate surface area is 361 Å². The molecule has 0 radical (unpaired) electrons. The van der Waals surface area contributed by atoms with Crippen LogP contribution in [-0.2, 0) is 10.8 Å². The largest absolute Gasteiger partial charge is 0.310 e. The van der Waals surface area contributed by atoms with Crippen LogP contribution in [0.1, 0.15) is 49.9 Å². The molecule has 0 aliphatic heterocycles. The molecule has 0 spiro atoms. The van der Waals surface area contributed by atoms with E-state index in [1.54, 1.807) is 0 Å². The van der Waals surface area contributed by atoms with E-state index < -0.39 is 0 Å². The molecule has 0 fully saturated rings. The van der Waals surface area contributed by atoms with Gasteiger partial charge in [0.25, 0.3) is 0 Å². The number of aromatic nitrogens is 1. The van der Waals surface area contributed by atoms with Crippen LogP contribution in [0.5, 0.6) is 0 Å². The van der Waals surface area contributed by atoms with E-state index in [1.807, 2.05) is 0 Å². The molecule has 0 atom stereocenters. The second kappa shape index (κ2) is 12.6. The fourth-order valence-electron chi connectivity index (χ4n) is 11.4. The van der Waals surface area contributed by atoms with E-state index in [-0.39, 0.29) is 10.8 Å². The Hall–Kier alpha value is -7.42. The first-order chi connectivity index (χ1) is 30.3. The number of anilines is 3. The van der Waals surface area contributed by atoms with Crippen LogP contribution in [0.25, 0.3) is 82.1 Å². The molecule has 13 rings (SSSR count). The fourth-order valence-corrected chi connectivity index (χ4v) is 11.4. The van der Waals surface area contributed by atoms with Crippen LogP contribution in [-0.4, -0.2) is 4.57 Å². The van der Waals surface area contributed by atoms with Crippen molar-refractivity contribution < 1.29 is 0 Å². The molecule has 10 aromatic carbocycles. The number of rotatable bonds is 4. The van der Waals surface area contributed by atoms with Gasteiger partial charge in [0, 0.05) is 44.4 Å². The Bertz CT molecular complexity index is 3510. The van der Waals surface area contributed by atoms with Crippen LogP contribution < -0.4 is 4.90 Å². The molecule has 2 heteroatoms. The maximum absolute atomic E-state index is 2.48. The van der Waals surface area contributed by atoms with Crippen molar-refractivity contribution in [3.8, 4) is 27.9 Å². The number of hydrogen-bond acceptors (Lipinski definition) is 1. The molecule has 294 valence electrons. The molecule has 11 aromatic rings. The van der Waals surface area contributed by atoms with Gasteiger partial charge in [-0.3, -0.25) is 0 Å². The molecule has 2 aliphatic rings. The van der Waals surface area contributed by atoms with Crippen molar-refractivity contribution >= 4 is 71.2 Å². The van der Waals surface area contributed by atoms with Gasteiger partial charge < -0.3 is 9.47 Å². The lowest BCUT2D eigenvalue weighted by atomic mass is 9.82. The topological polar surface area (TPSA) is 8.17 Å². The van der Waals surface area contributed by atoms with Gasteiger partial charge in [-0.15, -0.1) is 0 Å². The van der Waals surface area contributed by atoms with E-state index >= 15 is 0 Å². The van der Waals surface area contributed by atoms with Gasteiger partial charge in [-0.05, 0) is 137 Å². The summed E-state index contributed by atoms with van der Waals surface area (Å²) in [7, 11) is 0. The maximum Gasteiger partial charge on any atom is 0.0547 e. The zero-order valence-electron chi connectivity index (χ0n) is 35.4. The summed E-state index contributed by atoms with van der Waals surface area (Å²) in [6, 6.07) is 72.9. The highest BCUT2D eigenvalue weighted by Gasteiger charge is 2.37. The van der Waals surface area contributed by atoms with Crippen molar-refractivity contribution in [2.45, 2.75) is 38.5 Å². The third kappa shape index (κ3) is 4.81. The minimum Gasteiger partial charge on any atom is -0.310 e. The zero-order valence-corrected chi connectivity index (χ0v) is 35.4. The van der Waals surface area contributed by atoms with Gasteiger partial charge in [0.1, 0.15) is 0 Å². The van der Waals surface area contributed by atoms with E-state index in [0.29, 0.717) is 0 Å². The quantitative estimate of drug-likeness (QED) is 0.172. The van der Waals surface area contributed by atoms with E-state index in [9.17, 15) is 0 Å². The van der Waals surface area contributed by atoms with Gasteiger partial charge in [0.2, 0.25) is 0 Å². The second-order valence-electron chi connectivity index (χ2n) is 18.5. The normalized spacial score (nSPS) is 14.4. The Kier molecular flexibility index (Phi) is 7.16. The lowest BCUT2D eigenvalue weighted by Crippen LogP contribution is -2.18. The highest BCUT2D eigenvalue weighted by molar-refractivity contribution is 6.28. The van der Waals surface area contributed by atoms with E-state index in [1.165, 1.54) is 110 Å². The minimum atomic E-state index is -0.111. The first-order valence-corrected chi connectivity index (χ1v) is 21.9. The third-order valence-electron chi connectivity index (χ3n) is 14.5. The van der Waals surface area contributed by atoms with Crippen molar-refractivity contribution in [3.05, 3.63) is 216 Å². The van der Waals surface area contributed by atoms with Crippen molar-refractivity contribution in [1.29, 1.82) is 0 Å². The van der Waals surface area contributed by atoms with Gasteiger partial charge >= 0.3 is 0 Å². The number of nitrogens with zero attached hydrogens (tertiary/aromatic N) is 2. The van der Waals surface area contributed by atoms with Gasteiger partial charge in [0.15, 0.2) is 0 Å². The number of benzene rings is 10. The number of hydrogen-bond donors (Lipinski definition) is 0. The van der Waals surface area contributed by atoms with Gasteiger partial charge in [-0.25, -0.2) is 0 Å². The van der Waals surface area contributed by atoms with Crippen LogP contribution in [0.15, 0.2) is 194 Å². The Morgan fingerprint density at radius 3 is 1.32 bits per heavy atom. The molecule has 0 saturated carbocycles. The first-order valence-electron chi connectivity index (χ1n) is 21.9. The SMILES string of the molecule is CC1(C)c2ccccc2-c2ccc(N(c3ccc4c(c3)C(C)(C)c3ccccc3-4)c3ccc4cc(-n5c6ccc7ccccc7c6c6c7ccccc7ccc65)ccc4c3)cc21. The average molecular weight is 793 g/mol.